The fourth-order valence-corrected chi connectivity index (χ4v) is 3.15. The van der Waals surface area contributed by atoms with Crippen molar-refractivity contribution in [1.82, 2.24) is 15.2 Å². The summed E-state index contributed by atoms with van der Waals surface area (Å²) in [5, 5.41) is 3.62. The zero-order valence-electron chi connectivity index (χ0n) is 14.2. The van der Waals surface area contributed by atoms with Crippen LogP contribution in [0.5, 0.6) is 0 Å². The number of hydrogen-bond donors (Lipinski definition) is 1. The Morgan fingerprint density at radius 2 is 1.96 bits per heavy atom. The van der Waals surface area contributed by atoms with Crippen molar-refractivity contribution in [2.45, 2.75) is 24.9 Å². The third-order valence-corrected chi connectivity index (χ3v) is 4.51. The van der Waals surface area contributed by atoms with Gasteiger partial charge in [0.15, 0.2) is 0 Å². The predicted octanol–water partition coefficient (Wildman–Crippen LogP) is 3.13. The molecule has 1 saturated heterocycles. The van der Waals surface area contributed by atoms with Crippen molar-refractivity contribution in [2.75, 3.05) is 20.2 Å². The Morgan fingerprint density at radius 3 is 2.56 bits per heavy atom. The van der Waals surface area contributed by atoms with Crippen LogP contribution in [-0.4, -0.2) is 42.2 Å². The highest BCUT2D eigenvalue weighted by molar-refractivity contribution is 5.67. The van der Waals surface area contributed by atoms with E-state index in [0.717, 1.165) is 24.1 Å². The van der Waals surface area contributed by atoms with Gasteiger partial charge < -0.3 is 15.0 Å². The first-order chi connectivity index (χ1) is 12.2. The zero-order valence-corrected chi connectivity index (χ0v) is 14.2. The van der Waals surface area contributed by atoms with Crippen LogP contribution >= 0.6 is 0 Å². The number of aromatic nitrogens is 1. The molecule has 0 saturated carbocycles. The van der Waals surface area contributed by atoms with E-state index < -0.39 is 0 Å². The Bertz CT molecular complexity index is 686. The van der Waals surface area contributed by atoms with Crippen LogP contribution < -0.4 is 5.32 Å². The lowest BCUT2D eigenvalue weighted by atomic mass is 9.98. The summed E-state index contributed by atoms with van der Waals surface area (Å²) in [6, 6.07) is 13.3. The van der Waals surface area contributed by atoms with Crippen LogP contribution in [0.4, 0.5) is 9.18 Å². The summed E-state index contributed by atoms with van der Waals surface area (Å²) in [7, 11) is 1.40. The summed E-state index contributed by atoms with van der Waals surface area (Å²) >= 11 is 0. The number of amides is 1. The number of rotatable bonds is 4. The molecular weight excluding hydrogens is 321 g/mol. The number of halogens is 1. The van der Waals surface area contributed by atoms with E-state index in [9.17, 15) is 9.18 Å². The minimum atomic E-state index is -0.345. The molecule has 1 aliphatic heterocycles. The third-order valence-electron chi connectivity index (χ3n) is 4.51. The molecule has 1 fully saturated rings. The number of benzene rings is 1. The van der Waals surface area contributed by atoms with Crippen molar-refractivity contribution in [1.29, 1.82) is 0 Å². The lowest BCUT2D eigenvalue weighted by Gasteiger charge is -2.33. The summed E-state index contributed by atoms with van der Waals surface area (Å²) in [6.45, 7) is 1.31. The highest BCUT2D eigenvalue weighted by Gasteiger charge is 2.26. The molecule has 0 radical (unpaired) electrons. The van der Waals surface area contributed by atoms with Crippen LogP contribution in [-0.2, 0) is 4.74 Å². The first-order valence-corrected chi connectivity index (χ1v) is 8.42. The molecule has 132 valence electrons. The number of methoxy groups -OCH3 is 1. The number of carbonyl (C=O) groups excluding carboxylic acids is 1. The molecule has 1 aliphatic rings. The van der Waals surface area contributed by atoms with Gasteiger partial charge >= 0.3 is 6.09 Å². The lowest BCUT2D eigenvalue weighted by Crippen LogP contribution is -2.46. The Morgan fingerprint density at radius 1 is 1.24 bits per heavy atom. The van der Waals surface area contributed by atoms with Crippen LogP contribution in [0, 0.1) is 5.82 Å². The maximum absolute atomic E-state index is 13.2. The van der Waals surface area contributed by atoms with Crippen LogP contribution in [0.25, 0.3) is 0 Å². The SMILES string of the molecule is COC(=O)N1CCC(N[C@H](c2ccccc2)c2ccc(F)cn2)CC1. The van der Waals surface area contributed by atoms with Gasteiger partial charge in [-0.1, -0.05) is 30.3 Å². The summed E-state index contributed by atoms with van der Waals surface area (Å²) in [4.78, 5) is 17.6. The molecule has 6 heteroatoms. The number of pyridine rings is 1. The van der Waals surface area contributed by atoms with Crippen LogP contribution in [0.15, 0.2) is 48.7 Å². The average molecular weight is 343 g/mol. The molecule has 1 aromatic heterocycles. The van der Waals surface area contributed by atoms with Crippen molar-refractivity contribution in [3.8, 4) is 0 Å². The molecule has 3 rings (SSSR count). The molecule has 0 bridgehead atoms. The molecule has 2 heterocycles. The summed E-state index contributed by atoms with van der Waals surface area (Å²) < 4.78 is 18.0. The normalized spacial score (nSPS) is 16.5. The zero-order chi connectivity index (χ0) is 17.6. The molecule has 0 unspecified atom stereocenters. The first kappa shape index (κ1) is 17.4. The van der Waals surface area contributed by atoms with Gasteiger partial charge in [0.05, 0.1) is 25.0 Å². The molecule has 0 spiro atoms. The quantitative estimate of drug-likeness (QED) is 0.927. The number of nitrogens with one attached hydrogen (secondary N) is 1. The van der Waals surface area contributed by atoms with Crippen molar-refractivity contribution in [3.63, 3.8) is 0 Å². The summed E-state index contributed by atoms with van der Waals surface area (Å²) in [5.74, 6) is -0.345. The molecule has 5 nitrogen and oxygen atoms in total. The second kappa shape index (κ2) is 8.07. The third kappa shape index (κ3) is 4.33. The molecule has 1 aromatic carbocycles. The van der Waals surface area contributed by atoms with Crippen molar-refractivity contribution in [2.24, 2.45) is 0 Å². The van der Waals surface area contributed by atoms with Crippen molar-refractivity contribution in [3.05, 3.63) is 65.7 Å². The molecule has 25 heavy (non-hydrogen) atoms. The largest absolute Gasteiger partial charge is 0.453 e. The van der Waals surface area contributed by atoms with E-state index in [2.05, 4.69) is 10.3 Å². The predicted molar refractivity (Wildman–Crippen MR) is 92.6 cm³/mol. The second-order valence-electron chi connectivity index (χ2n) is 6.14. The Hall–Kier alpha value is -2.47. The Kier molecular flexibility index (Phi) is 5.60. The van der Waals surface area contributed by atoms with Crippen molar-refractivity contribution >= 4 is 6.09 Å². The highest BCUT2D eigenvalue weighted by Crippen LogP contribution is 2.23. The van der Waals surface area contributed by atoms with Gasteiger partial charge in [0, 0.05) is 19.1 Å². The van der Waals surface area contributed by atoms with Gasteiger partial charge in [-0.2, -0.15) is 0 Å². The first-order valence-electron chi connectivity index (χ1n) is 8.42. The van der Waals surface area contributed by atoms with E-state index in [4.69, 9.17) is 4.74 Å². The standard InChI is InChI=1S/C19H22FN3O2/c1-25-19(24)23-11-9-16(10-12-23)22-18(14-5-3-2-4-6-14)17-8-7-15(20)13-21-17/h2-8,13,16,18,22H,9-12H2,1H3/t18-/m1/s1. The number of ether oxygens (including phenoxy) is 1. The molecule has 1 atom stereocenters. The lowest BCUT2D eigenvalue weighted by molar-refractivity contribution is 0.109. The number of nitrogens with zero attached hydrogens (tertiary/aromatic N) is 2. The van der Waals surface area contributed by atoms with Gasteiger partial charge in [0.2, 0.25) is 0 Å². The van der Waals surface area contributed by atoms with E-state index in [-0.39, 0.29) is 24.0 Å². The second-order valence-corrected chi connectivity index (χ2v) is 6.14. The maximum Gasteiger partial charge on any atom is 0.409 e. The number of hydrogen-bond acceptors (Lipinski definition) is 4. The van der Waals surface area contributed by atoms with Crippen molar-refractivity contribution < 1.29 is 13.9 Å². The minimum Gasteiger partial charge on any atom is -0.453 e. The summed E-state index contributed by atoms with van der Waals surface area (Å²) in [5.41, 5.74) is 1.86. The van der Waals surface area contributed by atoms with E-state index in [1.807, 2.05) is 30.3 Å². The Balaban J connectivity index is 1.73. The topological polar surface area (TPSA) is 54.5 Å². The van der Waals surface area contributed by atoms with Gasteiger partial charge in [-0.3, -0.25) is 4.98 Å². The Labute approximate surface area is 146 Å². The fraction of sp³-hybridized carbons (Fsp3) is 0.368. The molecular formula is C19H22FN3O2. The van der Waals surface area contributed by atoms with Crippen LogP contribution in [0.1, 0.15) is 30.1 Å². The van der Waals surface area contributed by atoms with Crippen LogP contribution in [0.2, 0.25) is 0 Å². The van der Waals surface area contributed by atoms with Gasteiger partial charge in [-0.15, -0.1) is 0 Å². The smallest absolute Gasteiger partial charge is 0.409 e. The molecule has 2 aromatic rings. The van der Waals surface area contributed by atoms with Gasteiger partial charge in [0.25, 0.3) is 0 Å². The highest BCUT2D eigenvalue weighted by atomic mass is 19.1. The summed E-state index contributed by atoms with van der Waals surface area (Å²) in [6.07, 6.45) is 2.63. The van der Waals surface area contributed by atoms with Gasteiger partial charge in [0.1, 0.15) is 5.82 Å². The monoisotopic (exact) mass is 343 g/mol. The van der Waals surface area contributed by atoms with Gasteiger partial charge in [-0.25, -0.2) is 9.18 Å². The number of likely N-dealkylation sites (tertiary alicyclic amines) is 1. The number of carbonyl (C=O) groups is 1. The van der Waals surface area contributed by atoms with E-state index in [0.29, 0.717) is 13.1 Å². The van der Waals surface area contributed by atoms with E-state index in [1.54, 1.807) is 11.0 Å². The molecule has 0 aliphatic carbocycles. The van der Waals surface area contributed by atoms with E-state index >= 15 is 0 Å². The van der Waals surface area contributed by atoms with Crippen LogP contribution in [0.3, 0.4) is 0 Å². The maximum atomic E-state index is 13.2. The molecule has 1 amide bonds. The fourth-order valence-electron chi connectivity index (χ4n) is 3.15. The van der Waals surface area contributed by atoms with E-state index in [1.165, 1.54) is 19.4 Å². The average Bonchev–Trinajstić information content (AvgIpc) is 2.67. The minimum absolute atomic E-state index is 0.114. The van der Waals surface area contributed by atoms with Gasteiger partial charge in [-0.05, 0) is 30.5 Å². The number of piperidine rings is 1. The molecule has 1 N–H and O–H groups in total.